The lowest BCUT2D eigenvalue weighted by Gasteiger charge is -2.17. The Hall–Kier alpha value is -2.34. The SMILES string of the molecule is Cc1[nH]ncc1C(=O)NC1CC(=O)N(CCc2cccc(Cl)c2)C1. The summed E-state index contributed by atoms with van der Waals surface area (Å²) >= 11 is 5.98. The van der Waals surface area contributed by atoms with Gasteiger partial charge in [0.05, 0.1) is 17.8 Å². The van der Waals surface area contributed by atoms with E-state index in [9.17, 15) is 9.59 Å². The summed E-state index contributed by atoms with van der Waals surface area (Å²) in [5.74, 6) is -0.137. The van der Waals surface area contributed by atoms with Gasteiger partial charge in [-0.2, -0.15) is 5.10 Å². The maximum Gasteiger partial charge on any atom is 0.255 e. The van der Waals surface area contributed by atoms with Gasteiger partial charge in [-0.15, -0.1) is 0 Å². The summed E-state index contributed by atoms with van der Waals surface area (Å²) in [6.45, 7) is 2.94. The fourth-order valence-electron chi connectivity index (χ4n) is 2.88. The number of benzene rings is 1. The van der Waals surface area contributed by atoms with Crippen LogP contribution >= 0.6 is 11.6 Å². The summed E-state index contributed by atoms with van der Waals surface area (Å²) in [5, 5.41) is 10.2. The third-order valence-corrected chi connectivity index (χ3v) is 4.42. The van der Waals surface area contributed by atoms with Gasteiger partial charge in [-0.05, 0) is 31.0 Å². The Morgan fingerprint density at radius 3 is 3.04 bits per heavy atom. The van der Waals surface area contributed by atoms with Gasteiger partial charge in [0.2, 0.25) is 5.91 Å². The number of carbonyl (C=O) groups is 2. The van der Waals surface area contributed by atoms with Gasteiger partial charge in [0, 0.05) is 30.2 Å². The number of likely N-dealkylation sites (tertiary alicyclic amines) is 1. The molecular formula is C17H19ClN4O2. The number of hydrogen-bond acceptors (Lipinski definition) is 3. The van der Waals surface area contributed by atoms with Gasteiger partial charge in [0.15, 0.2) is 0 Å². The van der Waals surface area contributed by atoms with Crippen LogP contribution in [0.15, 0.2) is 30.5 Å². The third-order valence-electron chi connectivity index (χ3n) is 4.18. The molecule has 1 aromatic heterocycles. The predicted molar refractivity (Wildman–Crippen MR) is 90.9 cm³/mol. The van der Waals surface area contributed by atoms with E-state index in [0.717, 1.165) is 17.7 Å². The molecule has 1 aliphatic rings. The molecule has 7 heteroatoms. The summed E-state index contributed by atoms with van der Waals surface area (Å²) < 4.78 is 0. The van der Waals surface area contributed by atoms with Crippen LogP contribution in [0.3, 0.4) is 0 Å². The zero-order valence-electron chi connectivity index (χ0n) is 13.4. The Bertz CT molecular complexity index is 759. The van der Waals surface area contributed by atoms with Gasteiger partial charge in [0.25, 0.3) is 5.91 Å². The molecule has 126 valence electrons. The van der Waals surface area contributed by atoms with Gasteiger partial charge >= 0.3 is 0 Å². The molecule has 2 heterocycles. The van der Waals surface area contributed by atoms with E-state index >= 15 is 0 Å². The molecule has 2 amide bonds. The van der Waals surface area contributed by atoms with Crippen LogP contribution in [-0.2, 0) is 11.2 Å². The number of aromatic amines is 1. The molecule has 1 fully saturated rings. The van der Waals surface area contributed by atoms with Crippen molar-refractivity contribution < 1.29 is 9.59 Å². The van der Waals surface area contributed by atoms with Crippen molar-refractivity contribution in [2.24, 2.45) is 0 Å². The number of H-pyrrole nitrogens is 1. The Morgan fingerprint density at radius 1 is 1.50 bits per heavy atom. The van der Waals surface area contributed by atoms with Crippen molar-refractivity contribution in [3.05, 3.63) is 52.3 Å². The van der Waals surface area contributed by atoms with Gasteiger partial charge in [-0.3, -0.25) is 14.7 Å². The number of hydrogen-bond donors (Lipinski definition) is 2. The first-order chi connectivity index (χ1) is 11.5. The van der Waals surface area contributed by atoms with Gasteiger partial charge in [-0.1, -0.05) is 23.7 Å². The topological polar surface area (TPSA) is 78.1 Å². The average Bonchev–Trinajstić information content (AvgIpc) is 3.11. The van der Waals surface area contributed by atoms with E-state index in [2.05, 4.69) is 15.5 Å². The van der Waals surface area contributed by atoms with Crippen molar-refractivity contribution in [1.82, 2.24) is 20.4 Å². The quantitative estimate of drug-likeness (QED) is 0.868. The molecule has 0 saturated carbocycles. The van der Waals surface area contributed by atoms with E-state index in [1.807, 2.05) is 24.3 Å². The highest BCUT2D eigenvalue weighted by Crippen LogP contribution is 2.15. The number of nitrogens with one attached hydrogen (secondary N) is 2. The molecule has 1 atom stereocenters. The molecule has 24 heavy (non-hydrogen) atoms. The van der Waals surface area contributed by atoms with Crippen molar-refractivity contribution >= 4 is 23.4 Å². The van der Waals surface area contributed by atoms with E-state index < -0.39 is 0 Å². The van der Waals surface area contributed by atoms with Gasteiger partial charge in [0.1, 0.15) is 0 Å². The Kier molecular flexibility index (Phi) is 4.85. The summed E-state index contributed by atoms with van der Waals surface area (Å²) in [6.07, 6.45) is 2.57. The van der Waals surface area contributed by atoms with E-state index in [1.54, 1.807) is 11.8 Å². The zero-order chi connectivity index (χ0) is 17.1. The molecule has 0 aliphatic carbocycles. The monoisotopic (exact) mass is 346 g/mol. The first kappa shape index (κ1) is 16.5. The van der Waals surface area contributed by atoms with Crippen LogP contribution in [0, 0.1) is 6.92 Å². The van der Waals surface area contributed by atoms with E-state index in [-0.39, 0.29) is 17.9 Å². The summed E-state index contributed by atoms with van der Waals surface area (Å²) in [4.78, 5) is 26.1. The molecule has 2 aromatic rings. The number of halogens is 1. The largest absolute Gasteiger partial charge is 0.347 e. The smallest absolute Gasteiger partial charge is 0.255 e. The molecule has 1 aromatic carbocycles. The lowest BCUT2D eigenvalue weighted by molar-refractivity contribution is -0.127. The Morgan fingerprint density at radius 2 is 2.33 bits per heavy atom. The van der Waals surface area contributed by atoms with Gasteiger partial charge < -0.3 is 10.2 Å². The number of nitrogens with zero attached hydrogens (tertiary/aromatic N) is 2. The van der Waals surface area contributed by atoms with Crippen LogP contribution < -0.4 is 5.32 Å². The van der Waals surface area contributed by atoms with Crippen molar-refractivity contribution in [3.8, 4) is 0 Å². The second-order valence-corrected chi connectivity index (χ2v) is 6.44. The van der Waals surface area contributed by atoms with Crippen LogP contribution in [0.5, 0.6) is 0 Å². The lowest BCUT2D eigenvalue weighted by atomic mass is 10.1. The van der Waals surface area contributed by atoms with E-state index in [4.69, 9.17) is 11.6 Å². The molecule has 0 spiro atoms. The first-order valence-corrected chi connectivity index (χ1v) is 8.24. The molecule has 1 aliphatic heterocycles. The zero-order valence-corrected chi connectivity index (χ0v) is 14.1. The maximum atomic E-state index is 12.2. The molecule has 0 radical (unpaired) electrons. The summed E-state index contributed by atoms with van der Waals surface area (Å²) in [5.41, 5.74) is 2.33. The van der Waals surface area contributed by atoms with Crippen LogP contribution in [0.1, 0.15) is 28.0 Å². The Labute approximate surface area is 145 Å². The number of aromatic nitrogens is 2. The van der Waals surface area contributed by atoms with Crippen molar-refractivity contribution in [2.45, 2.75) is 25.8 Å². The molecule has 2 N–H and O–H groups in total. The van der Waals surface area contributed by atoms with E-state index in [0.29, 0.717) is 30.1 Å². The third kappa shape index (κ3) is 3.76. The first-order valence-electron chi connectivity index (χ1n) is 7.86. The molecule has 1 unspecified atom stereocenters. The summed E-state index contributed by atoms with van der Waals surface area (Å²) in [6, 6.07) is 7.46. The normalized spacial score (nSPS) is 17.3. The number of rotatable bonds is 5. The van der Waals surface area contributed by atoms with Crippen molar-refractivity contribution in [2.75, 3.05) is 13.1 Å². The van der Waals surface area contributed by atoms with Crippen LogP contribution in [0.25, 0.3) is 0 Å². The number of aryl methyl sites for hydroxylation is 1. The molecular weight excluding hydrogens is 328 g/mol. The van der Waals surface area contributed by atoms with E-state index in [1.165, 1.54) is 6.20 Å². The van der Waals surface area contributed by atoms with Gasteiger partial charge in [-0.25, -0.2) is 0 Å². The molecule has 1 saturated heterocycles. The fraction of sp³-hybridized carbons (Fsp3) is 0.353. The highest BCUT2D eigenvalue weighted by atomic mass is 35.5. The van der Waals surface area contributed by atoms with Crippen LogP contribution in [0.4, 0.5) is 0 Å². The number of carbonyl (C=O) groups excluding carboxylic acids is 2. The second-order valence-electron chi connectivity index (χ2n) is 6.00. The summed E-state index contributed by atoms with van der Waals surface area (Å²) in [7, 11) is 0. The van der Waals surface area contributed by atoms with Crippen LogP contribution in [-0.4, -0.2) is 46.0 Å². The predicted octanol–water partition coefficient (Wildman–Crippen LogP) is 1.94. The second kappa shape index (κ2) is 7.05. The minimum absolute atomic E-state index is 0.0613. The van der Waals surface area contributed by atoms with Crippen molar-refractivity contribution in [1.29, 1.82) is 0 Å². The molecule has 0 bridgehead atoms. The average molecular weight is 347 g/mol. The molecule has 3 rings (SSSR count). The van der Waals surface area contributed by atoms with Crippen LogP contribution in [0.2, 0.25) is 5.02 Å². The Balaban J connectivity index is 1.54. The highest BCUT2D eigenvalue weighted by molar-refractivity contribution is 6.30. The fourth-order valence-corrected chi connectivity index (χ4v) is 3.10. The maximum absolute atomic E-state index is 12.2. The standard InChI is InChI=1S/C17H19ClN4O2/c1-11-15(9-19-21-11)17(24)20-14-8-16(23)22(10-14)6-5-12-3-2-4-13(18)7-12/h2-4,7,9,14H,5-6,8,10H2,1H3,(H,19,21)(H,20,24). The highest BCUT2D eigenvalue weighted by Gasteiger charge is 2.30. The minimum atomic E-state index is -0.198. The number of amides is 2. The lowest BCUT2D eigenvalue weighted by Crippen LogP contribution is -2.37. The molecule has 6 nitrogen and oxygen atoms in total. The minimum Gasteiger partial charge on any atom is -0.347 e. The van der Waals surface area contributed by atoms with Crippen molar-refractivity contribution in [3.63, 3.8) is 0 Å².